The standard InChI is InChI=1S/C17H19NO2/c1-18(15-9-4-3-5-10-15)17(19)13-12-14-8-6-7-11-16(14)20-2/h3-11H,12-13H2,1-2H3. The maximum Gasteiger partial charge on any atom is 0.227 e. The minimum Gasteiger partial charge on any atom is -0.496 e. The third kappa shape index (κ3) is 3.38. The summed E-state index contributed by atoms with van der Waals surface area (Å²) in [6.07, 6.45) is 1.14. The lowest BCUT2D eigenvalue weighted by atomic mass is 10.1. The highest BCUT2D eigenvalue weighted by atomic mass is 16.5. The van der Waals surface area contributed by atoms with Crippen molar-refractivity contribution in [3.05, 3.63) is 60.2 Å². The molecule has 0 radical (unpaired) electrons. The fraction of sp³-hybridized carbons (Fsp3) is 0.235. The molecule has 0 unspecified atom stereocenters. The van der Waals surface area contributed by atoms with E-state index in [1.54, 1.807) is 19.1 Å². The zero-order valence-electron chi connectivity index (χ0n) is 11.9. The summed E-state index contributed by atoms with van der Waals surface area (Å²) in [5, 5.41) is 0. The highest BCUT2D eigenvalue weighted by Crippen LogP contribution is 2.20. The Bertz CT molecular complexity index is 566. The van der Waals surface area contributed by atoms with Gasteiger partial charge in [0.25, 0.3) is 0 Å². The highest BCUT2D eigenvalue weighted by Gasteiger charge is 2.11. The SMILES string of the molecule is COc1ccccc1CCC(=O)N(C)c1ccccc1. The number of aryl methyl sites for hydroxylation is 1. The Balaban J connectivity index is 1.99. The van der Waals surface area contributed by atoms with E-state index in [1.807, 2.05) is 54.6 Å². The number of nitrogens with zero attached hydrogens (tertiary/aromatic N) is 1. The summed E-state index contributed by atoms with van der Waals surface area (Å²) in [6, 6.07) is 17.5. The number of amides is 1. The molecule has 0 atom stereocenters. The van der Waals surface area contributed by atoms with Crippen molar-refractivity contribution < 1.29 is 9.53 Å². The van der Waals surface area contributed by atoms with Crippen molar-refractivity contribution in [3.63, 3.8) is 0 Å². The predicted molar refractivity (Wildman–Crippen MR) is 81.2 cm³/mol. The molecule has 2 aromatic rings. The molecule has 20 heavy (non-hydrogen) atoms. The van der Waals surface area contributed by atoms with Crippen LogP contribution in [0.3, 0.4) is 0 Å². The van der Waals surface area contributed by atoms with Crippen LogP contribution in [0.25, 0.3) is 0 Å². The number of hydrogen-bond acceptors (Lipinski definition) is 2. The summed E-state index contributed by atoms with van der Waals surface area (Å²) in [4.78, 5) is 13.9. The molecule has 0 aliphatic carbocycles. The Morgan fingerprint density at radius 1 is 1.05 bits per heavy atom. The van der Waals surface area contributed by atoms with Gasteiger partial charge in [-0.25, -0.2) is 0 Å². The van der Waals surface area contributed by atoms with Crippen molar-refractivity contribution in [2.75, 3.05) is 19.1 Å². The van der Waals surface area contributed by atoms with Gasteiger partial charge in [0.15, 0.2) is 0 Å². The van der Waals surface area contributed by atoms with Gasteiger partial charge in [0.05, 0.1) is 7.11 Å². The van der Waals surface area contributed by atoms with E-state index in [-0.39, 0.29) is 5.91 Å². The van der Waals surface area contributed by atoms with Crippen LogP contribution < -0.4 is 9.64 Å². The van der Waals surface area contributed by atoms with Crippen LogP contribution >= 0.6 is 0 Å². The van der Waals surface area contributed by atoms with Crippen LogP contribution in [0.5, 0.6) is 5.75 Å². The van der Waals surface area contributed by atoms with E-state index in [2.05, 4.69) is 0 Å². The molecule has 0 aliphatic rings. The third-order valence-corrected chi connectivity index (χ3v) is 3.32. The van der Waals surface area contributed by atoms with Gasteiger partial charge < -0.3 is 9.64 Å². The van der Waals surface area contributed by atoms with Crippen LogP contribution in [0.2, 0.25) is 0 Å². The van der Waals surface area contributed by atoms with Gasteiger partial charge in [-0.1, -0.05) is 36.4 Å². The Labute approximate surface area is 119 Å². The molecule has 0 N–H and O–H groups in total. The summed E-state index contributed by atoms with van der Waals surface area (Å²) in [5.41, 5.74) is 1.97. The molecule has 0 aromatic heterocycles. The second-order valence-electron chi connectivity index (χ2n) is 4.60. The molecule has 0 bridgehead atoms. The van der Waals surface area contributed by atoms with Crippen molar-refractivity contribution in [3.8, 4) is 5.75 Å². The zero-order valence-corrected chi connectivity index (χ0v) is 11.9. The molecule has 3 nitrogen and oxygen atoms in total. The van der Waals surface area contributed by atoms with Crippen LogP contribution in [0.15, 0.2) is 54.6 Å². The Kier molecular flexibility index (Phi) is 4.77. The second-order valence-corrected chi connectivity index (χ2v) is 4.60. The van der Waals surface area contributed by atoms with Gasteiger partial charge in [0, 0.05) is 19.2 Å². The van der Waals surface area contributed by atoms with E-state index in [4.69, 9.17) is 4.74 Å². The normalized spacial score (nSPS) is 10.1. The van der Waals surface area contributed by atoms with Gasteiger partial charge in [0.1, 0.15) is 5.75 Å². The smallest absolute Gasteiger partial charge is 0.227 e. The first-order chi connectivity index (χ1) is 9.72. The van der Waals surface area contributed by atoms with E-state index >= 15 is 0 Å². The molecule has 104 valence electrons. The number of ether oxygens (including phenoxy) is 1. The van der Waals surface area contributed by atoms with Crippen molar-refractivity contribution in [1.29, 1.82) is 0 Å². The van der Waals surface area contributed by atoms with Crippen LogP contribution in [-0.4, -0.2) is 20.1 Å². The van der Waals surface area contributed by atoms with Crippen molar-refractivity contribution in [2.45, 2.75) is 12.8 Å². The molecule has 2 aromatic carbocycles. The lowest BCUT2D eigenvalue weighted by Crippen LogP contribution is -2.26. The molecular weight excluding hydrogens is 250 g/mol. The first kappa shape index (κ1) is 14.1. The van der Waals surface area contributed by atoms with Gasteiger partial charge in [-0.05, 0) is 30.2 Å². The summed E-state index contributed by atoms with van der Waals surface area (Å²) in [7, 11) is 3.46. The average Bonchev–Trinajstić information content (AvgIpc) is 2.53. The fourth-order valence-corrected chi connectivity index (χ4v) is 2.11. The van der Waals surface area contributed by atoms with E-state index < -0.39 is 0 Å². The maximum atomic E-state index is 12.2. The number of hydrogen-bond donors (Lipinski definition) is 0. The van der Waals surface area contributed by atoms with Crippen LogP contribution in [-0.2, 0) is 11.2 Å². The Morgan fingerprint density at radius 2 is 1.70 bits per heavy atom. The third-order valence-electron chi connectivity index (χ3n) is 3.32. The Morgan fingerprint density at radius 3 is 2.40 bits per heavy atom. The molecule has 2 rings (SSSR count). The highest BCUT2D eigenvalue weighted by molar-refractivity contribution is 5.92. The molecule has 0 aliphatic heterocycles. The van der Waals surface area contributed by atoms with Crippen molar-refractivity contribution in [1.82, 2.24) is 0 Å². The summed E-state index contributed by atoms with van der Waals surface area (Å²) in [5.74, 6) is 0.935. The van der Waals surface area contributed by atoms with E-state index in [0.717, 1.165) is 17.0 Å². The summed E-state index contributed by atoms with van der Waals surface area (Å²) >= 11 is 0. The van der Waals surface area contributed by atoms with E-state index in [0.29, 0.717) is 12.8 Å². The zero-order chi connectivity index (χ0) is 14.4. The monoisotopic (exact) mass is 269 g/mol. The molecule has 3 heteroatoms. The molecular formula is C17H19NO2. The van der Waals surface area contributed by atoms with Crippen LogP contribution in [0, 0.1) is 0 Å². The summed E-state index contributed by atoms with van der Waals surface area (Å²) in [6.45, 7) is 0. The van der Waals surface area contributed by atoms with Gasteiger partial charge in [0.2, 0.25) is 5.91 Å². The number of rotatable bonds is 5. The topological polar surface area (TPSA) is 29.5 Å². The molecule has 0 saturated carbocycles. The molecule has 0 heterocycles. The number of methoxy groups -OCH3 is 1. The van der Waals surface area contributed by atoms with Crippen molar-refractivity contribution in [2.24, 2.45) is 0 Å². The molecule has 0 saturated heterocycles. The van der Waals surface area contributed by atoms with E-state index in [9.17, 15) is 4.79 Å². The van der Waals surface area contributed by atoms with Gasteiger partial charge in [-0.3, -0.25) is 4.79 Å². The maximum absolute atomic E-state index is 12.2. The quantitative estimate of drug-likeness (QED) is 0.833. The first-order valence-corrected chi connectivity index (χ1v) is 6.66. The van der Waals surface area contributed by atoms with Crippen molar-refractivity contribution >= 4 is 11.6 Å². The van der Waals surface area contributed by atoms with Gasteiger partial charge in [-0.15, -0.1) is 0 Å². The van der Waals surface area contributed by atoms with Gasteiger partial charge >= 0.3 is 0 Å². The largest absolute Gasteiger partial charge is 0.496 e. The predicted octanol–water partition coefficient (Wildman–Crippen LogP) is 3.29. The number of benzene rings is 2. The Hall–Kier alpha value is -2.29. The first-order valence-electron chi connectivity index (χ1n) is 6.66. The number of carbonyl (C=O) groups is 1. The van der Waals surface area contributed by atoms with Gasteiger partial charge in [-0.2, -0.15) is 0 Å². The number of anilines is 1. The number of para-hydroxylation sites is 2. The second kappa shape index (κ2) is 6.75. The lowest BCUT2D eigenvalue weighted by Gasteiger charge is -2.17. The van der Waals surface area contributed by atoms with Crippen LogP contribution in [0.1, 0.15) is 12.0 Å². The number of carbonyl (C=O) groups excluding carboxylic acids is 1. The lowest BCUT2D eigenvalue weighted by molar-refractivity contribution is -0.118. The summed E-state index contributed by atoms with van der Waals surface area (Å²) < 4.78 is 5.30. The molecule has 1 amide bonds. The minimum atomic E-state index is 0.0992. The fourth-order valence-electron chi connectivity index (χ4n) is 2.11. The molecule has 0 fully saturated rings. The minimum absolute atomic E-state index is 0.0992. The van der Waals surface area contributed by atoms with E-state index in [1.165, 1.54) is 0 Å². The molecule has 0 spiro atoms. The average molecular weight is 269 g/mol. The van der Waals surface area contributed by atoms with Crippen LogP contribution in [0.4, 0.5) is 5.69 Å².